The first-order chi connectivity index (χ1) is 8.25. The zero-order valence-corrected chi connectivity index (χ0v) is 10.3. The van der Waals surface area contributed by atoms with Gasteiger partial charge in [0.25, 0.3) is 0 Å². The van der Waals surface area contributed by atoms with Crippen molar-refractivity contribution in [3.8, 4) is 0 Å². The monoisotopic (exact) mass is 242 g/mol. The van der Waals surface area contributed by atoms with Gasteiger partial charge in [-0.3, -0.25) is 14.6 Å². The zero-order valence-electron chi connectivity index (χ0n) is 10.3. The lowest BCUT2D eigenvalue weighted by molar-refractivity contribution is -0.137. The molecule has 5 heteroatoms. The molecule has 0 aromatic rings. The van der Waals surface area contributed by atoms with Crippen molar-refractivity contribution in [1.29, 1.82) is 0 Å². The number of hydrogen-bond acceptors (Lipinski definition) is 4. The predicted molar refractivity (Wildman–Crippen MR) is 64.1 cm³/mol. The van der Waals surface area contributed by atoms with E-state index in [-0.39, 0.29) is 6.42 Å². The maximum absolute atomic E-state index is 10.6. The SMILES string of the molecule is O=C(O)CCN(CCN1CCOCC1)C1CC1. The normalized spacial score (nSPS) is 21.9. The van der Waals surface area contributed by atoms with Gasteiger partial charge in [0, 0.05) is 38.8 Å². The van der Waals surface area contributed by atoms with Crippen LogP contribution in [0, 0.1) is 0 Å². The third-order valence-electron chi connectivity index (χ3n) is 3.48. The van der Waals surface area contributed by atoms with Crippen molar-refractivity contribution in [1.82, 2.24) is 9.80 Å². The van der Waals surface area contributed by atoms with Crippen LogP contribution >= 0.6 is 0 Å². The topological polar surface area (TPSA) is 53.0 Å². The van der Waals surface area contributed by atoms with Gasteiger partial charge >= 0.3 is 5.97 Å². The predicted octanol–water partition coefficient (Wildman–Crippen LogP) is 0.258. The van der Waals surface area contributed by atoms with Crippen molar-refractivity contribution < 1.29 is 14.6 Å². The van der Waals surface area contributed by atoms with Gasteiger partial charge in [0.2, 0.25) is 0 Å². The van der Waals surface area contributed by atoms with E-state index in [1.165, 1.54) is 12.8 Å². The molecule has 1 saturated carbocycles. The van der Waals surface area contributed by atoms with Gasteiger partial charge in [0.15, 0.2) is 0 Å². The smallest absolute Gasteiger partial charge is 0.304 e. The molecule has 17 heavy (non-hydrogen) atoms. The Balaban J connectivity index is 1.67. The van der Waals surface area contributed by atoms with E-state index in [2.05, 4.69) is 9.80 Å². The highest BCUT2D eigenvalue weighted by atomic mass is 16.5. The van der Waals surface area contributed by atoms with Crippen LogP contribution in [0.25, 0.3) is 0 Å². The molecule has 0 unspecified atom stereocenters. The largest absolute Gasteiger partial charge is 0.481 e. The Kier molecular flexibility index (Phi) is 4.76. The molecule has 1 aliphatic heterocycles. The zero-order chi connectivity index (χ0) is 12.1. The number of carbonyl (C=O) groups is 1. The molecule has 1 N–H and O–H groups in total. The van der Waals surface area contributed by atoms with Crippen LogP contribution in [0.2, 0.25) is 0 Å². The van der Waals surface area contributed by atoms with Crippen LogP contribution in [0.5, 0.6) is 0 Å². The molecular weight excluding hydrogens is 220 g/mol. The minimum Gasteiger partial charge on any atom is -0.481 e. The minimum absolute atomic E-state index is 0.264. The summed E-state index contributed by atoms with van der Waals surface area (Å²) in [6.07, 6.45) is 2.74. The van der Waals surface area contributed by atoms with E-state index in [4.69, 9.17) is 9.84 Å². The number of ether oxygens (including phenoxy) is 1. The summed E-state index contributed by atoms with van der Waals surface area (Å²) in [5.41, 5.74) is 0. The number of rotatable bonds is 7. The van der Waals surface area contributed by atoms with Gasteiger partial charge in [-0.25, -0.2) is 0 Å². The Morgan fingerprint density at radius 1 is 1.29 bits per heavy atom. The molecule has 0 amide bonds. The number of morpholine rings is 1. The Morgan fingerprint density at radius 3 is 2.59 bits per heavy atom. The molecule has 0 atom stereocenters. The summed E-state index contributed by atoms with van der Waals surface area (Å²) in [6, 6.07) is 0.649. The molecule has 1 aliphatic carbocycles. The van der Waals surface area contributed by atoms with Crippen molar-refractivity contribution in [3.63, 3.8) is 0 Å². The number of aliphatic carboxylic acids is 1. The summed E-state index contributed by atoms with van der Waals surface area (Å²) in [5, 5.41) is 8.73. The van der Waals surface area contributed by atoms with E-state index < -0.39 is 5.97 Å². The van der Waals surface area contributed by atoms with E-state index in [0.29, 0.717) is 12.6 Å². The third kappa shape index (κ3) is 4.61. The molecule has 2 rings (SSSR count). The molecule has 0 aromatic carbocycles. The number of hydrogen-bond donors (Lipinski definition) is 1. The lowest BCUT2D eigenvalue weighted by Crippen LogP contribution is -2.42. The second-order valence-electron chi connectivity index (χ2n) is 4.86. The fourth-order valence-corrected chi connectivity index (χ4v) is 2.25. The van der Waals surface area contributed by atoms with Crippen molar-refractivity contribution in [2.45, 2.75) is 25.3 Å². The Labute approximate surface area is 102 Å². The van der Waals surface area contributed by atoms with Gasteiger partial charge in [-0.2, -0.15) is 0 Å². The Morgan fingerprint density at radius 2 is 2.00 bits per heavy atom. The fraction of sp³-hybridized carbons (Fsp3) is 0.917. The second-order valence-corrected chi connectivity index (χ2v) is 4.86. The van der Waals surface area contributed by atoms with Crippen LogP contribution in [0.1, 0.15) is 19.3 Å². The highest BCUT2D eigenvalue weighted by molar-refractivity contribution is 5.66. The van der Waals surface area contributed by atoms with Gasteiger partial charge in [-0.1, -0.05) is 0 Å². The van der Waals surface area contributed by atoms with E-state index in [0.717, 1.165) is 39.4 Å². The van der Waals surface area contributed by atoms with Crippen LogP contribution in [0.3, 0.4) is 0 Å². The summed E-state index contributed by atoms with van der Waals surface area (Å²) in [4.78, 5) is 15.3. The van der Waals surface area contributed by atoms with Crippen molar-refractivity contribution in [2.24, 2.45) is 0 Å². The average Bonchev–Trinajstić information content (AvgIpc) is 3.14. The van der Waals surface area contributed by atoms with E-state index in [1.807, 2.05) is 0 Å². The van der Waals surface area contributed by atoms with Crippen LogP contribution in [0.4, 0.5) is 0 Å². The summed E-state index contributed by atoms with van der Waals surface area (Å²) >= 11 is 0. The molecule has 0 bridgehead atoms. The van der Waals surface area contributed by atoms with Crippen molar-refractivity contribution in [2.75, 3.05) is 45.9 Å². The number of nitrogens with zero attached hydrogens (tertiary/aromatic N) is 2. The van der Waals surface area contributed by atoms with Gasteiger partial charge in [-0.05, 0) is 12.8 Å². The van der Waals surface area contributed by atoms with Gasteiger partial charge < -0.3 is 9.84 Å². The lowest BCUT2D eigenvalue weighted by Gasteiger charge is -2.29. The maximum Gasteiger partial charge on any atom is 0.304 e. The molecule has 98 valence electrons. The van der Waals surface area contributed by atoms with Crippen LogP contribution < -0.4 is 0 Å². The first-order valence-corrected chi connectivity index (χ1v) is 6.51. The summed E-state index contributed by atoms with van der Waals surface area (Å²) in [7, 11) is 0. The average molecular weight is 242 g/mol. The van der Waals surface area contributed by atoms with Crippen LogP contribution in [-0.2, 0) is 9.53 Å². The minimum atomic E-state index is -0.693. The first kappa shape index (κ1) is 12.8. The summed E-state index contributed by atoms with van der Waals surface area (Å²) in [6.45, 7) is 6.42. The highest BCUT2D eigenvalue weighted by Gasteiger charge is 2.29. The number of carboxylic acids is 1. The molecule has 2 fully saturated rings. The molecule has 1 saturated heterocycles. The van der Waals surface area contributed by atoms with Gasteiger partial charge in [-0.15, -0.1) is 0 Å². The third-order valence-corrected chi connectivity index (χ3v) is 3.48. The Hall–Kier alpha value is -0.650. The van der Waals surface area contributed by atoms with Crippen LogP contribution in [-0.4, -0.2) is 72.9 Å². The van der Waals surface area contributed by atoms with E-state index in [9.17, 15) is 4.79 Å². The molecule has 0 radical (unpaired) electrons. The van der Waals surface area contributed by atoms with Crippen molar-refractivity contribution in [3.05, 3.63) is 0 Å². The molecule has 0 spiro atoms. The lowest BCUT2D eigenvalue weighted by atomic mass is 10.3. The first-order valence-electron chi connectivity index (χ1n) is 6.51. The quantitative estimate of drug-likeness (QED) is 0.694. The fourth-order valence-electron chi connectivity index (χ4n) is 2.25. The van der Waals surface area contributed by atoms with Gasteiger partial charge in [0.1, 0.15) is 0 Å². The van der Waals surface area contributed by atoms with Crippen LogP contribution in [0.15, 0.2) is 0 Å². The molecular formula is C12H22N2O3. The maximum atomic E-state index is 10.6. The summed E-state index contributed by atoms with van der Waals surface area (Å²) < 4.78 is 5.31. The molecule has 0 aromatic heterocycles. The molecule has 5 nitrogen and oxygen atoms in total. The van der Waals surface area contributed by atoms with E-state index in [1.54, 1.807) is 0 Å². The van der Waals surface area contributed by atoms with E-state index >= 15 is 0 Å². The second kappa shape index (κ2) is 6.33. The van der Waals surface area contributed by atoms with Crippen molar-refractivity contribution >= 4 is 5.97 Å². The van der Waals surface area contributed by atoms with Gasteiger partial charge in [0.05, 0.1) is 19.6 Å². The standard InChI is InChI=1S/C12H22N2O3/c15-12(16)3-4-14(11-1-2-11)6-5-13-7-9-17-10-8-13/h11H,1-10H2,(H,15,16). The molecule has 1 heterocycles. The Bertz CT molecular complexity index is 250. The molecule has 2 aliphatic rings. The number of carboxylic acid groups (broad SMARTS) is 1. The highest BCUT2D eigenvalue weighted by Crippen LogP contribution is 2.26. The summed E-state index contributed by atoms with van der Waals surface area (Å²) in [5.74, 6) is -0.693.